The zero-order valence-corrected chi connectivity index (χ0v) is 30.8. The quantitative estimate of drug-likeness (QED) is 0.156. The standard InChI is InChI=1S/C56H36/c1-2-13-38(14-3-1)48-25-11-17-40-18-12-26-49(54(40)48)44-33-31-43-36-45(34-32-42(43)35-44)56-52-22-8-6-20-50(52)55(51-21-7-9-23-53(51)56)41-29-27-39(28-30-41)47-24-10-16-37-15-4-5-19-46(37)47/h1-36H. The van der Waals surface area contributed by atoms with E-state index < -0.39 is 0 Å². The maximum absolute atomic E-state index is 2.38. The van der Waals surface area contributed by atoms with Gasteiger partial charge in [0.1, 0.15) is 0 Å². The Hall–Kier alpha value is -7.28. The number of hydrogen-bond acceptors (Lipinski definition) is 0. The Morgan fingerprint density at radius 2 is 0.607 bits per heavy atom. The van der Waals surface area contributed by atoms with Crippen molar-refractivity contribution in [2.45, 2.75) is 0 Å². The van der Waals surface area contributed by atoms with Crippen molar-refractivity contribution >= 4 is 53.9 Å². The van der Waals surface area contributed by atoms with Gasteiger partial charge in [0, 0.05) is 0 Å². The highest BCUT2D eigenvalue weighted by atomic mass is 14.2. The van der Waals surface area contributed by atoms with Gasteiger partial charge in [0.25, 0.3) is 0 Å². The summed E-state index contributed by atoms with van der Waals surface area (Å²) in [6, 6.07) is 80.3. The molecule has 0 aliphatic rings. The molecule has 0 N–H and O–H groups in total. The van der Waals surface area contributed by atoms with E-state index in [9.17, 15) is 0 Å². The molecule has 56 heavy (non-hydrogen) atoms. The summed E-state index contributed by atoms with van der Waals surface area (Å²) in [7, 11) is 0. The van der Waals surface area contributed by atoms with Crippen LogP contribution < -0.4 is 0 Å². The van der Waals surface area contributed by atoms with Gasteiger partial charge in [0.05, 0.1) is 0 Å². The van der Waals surface area contributed by atoms with Crippen LogP contribution in [-0.2, 0) is 0 Å². The lowest BCUT2D eigenvalue weighted by Gasteiger charge is -2.18. The van der Waals surface area contributed by atoms with Crippen molar-refractivity contribution in [3.05, 3.63) is 218 Å². The van der Waals surface area contributed by atoms with Gasteiger partial charge in [-0.3, -0.25) is 0 Å². The van der Waals surface area contributed by atoms with Crippen LogP contribution in [0.2, 0.25) is 0 Å². The van der Waals surface area contributed by atoms with Crippen LogP contribution in [0.1, 0.15) is 0 Å². The van der Waals surface area contributed by atoms with Gasteiger partial charge in [-0.15, -0.1) is 0 Å². The first kappa shape index (κ1) is 32.2. The van der Waals surface area contributed by atoms with Crippen LogP contribution in [0.3, 0.4) is 0 Å². The van der Waals surface area contributed by atoms with Crippen LogP contribution in [0.15, 0.2) is 218 Å². The Balaban J connectivity index is 1.04. The zero-order valence-electron chi connectivity index (χ0n) is 30.8. The Kier molecular flexibility index (Phi) is 7.60. The molecular formula is C56H36. The first-order chi connectivity index (χ1) is 27.8. The third kappa shape index (κ3) is 5.30. The normalized spacial score (nSPS) is 11.6. The molecule has 0 amide bonds. The SMILES string of the molecule is c1ccc(-c2cccc3cccc(-c4ccc5cc(-c6c7ccccc7c(-c7ccc(-c8cccc9ccccc89)cc7)c7ccccc67)ccc5c4)c23)cc1. The highest BCUT2D eigenvalue weighted by Crippen LogP contribution is 2.45. The van der Waals surface area contributed by atoms with E-state index >= 15 is 0 Å². The summed E-state index contributed by atoms with van der Waals surface area (Å²) in [5.74, 6) is 0. The summed E-state index contributed by atoms with van der Waals surface area (Å²) < 4.78 is 0. The zero-order chi connectivity index (χ0) is 37.0. The van der Waals surface area contributed by atoms with Gasteiger partial charge < -0.3 is 0 Å². The lowest BCUT2D eigenvalue weighted by atomic mass is 9.85. The molecule has 0 nitrogen and oxygen atoms in total. The lowest BCUT2D eigenvalue weighted by Crippen LogP contribution is -1.91. The second-order valence-corrected chi connectivity index (χ2v) is 14.8. The van der Waals surface area contributed by atoms with Crippen LogP contribution >= 0.6 is 0 Å². The van der Waals surface area contributed by atoms with Crippen LogP contribution in [0.5, 0.6) is 0 Å². The van der Waals surface area contributed by atoms with E-state index in [1.54, 1.807) is 0 Å². The number of benzene rings is 11. The van der Waals surface area contributed by atoms with E-state index in [2.05, 4.69) is 218 Å². The van der Waals surface area contributed by atoms with E-state index in [0.717, 1.165) is 0 Å². The topological polar surface area (TPSA) is 0 Å². The van der Waals surface area contributed by atoms with Gasteiger partial charge in [-0.05, 0) is 122 Å². The Labute approximate surface area is 326 Å². The summed E-state index contributed by atoms with van der Waals surface area (Å²) in [5, 5.41) is 12.6. The van der Waals surface area contributed by atoms with Gasteiger partial charge in [0.2, 0.25) is 0 Å². The molecule has 0 saturated carbocycles. The molecule has 0 aromatic heterocycles. The van der Waals surface area contributed by atoms with Crippen LogP contribution in [0.4, 0.5) is 0 Å². The average molecular weight is 709 g/mol. The third-order valence-electron chi connectivity index (χ3n) is 11.6. The minimum Gasteiger partial charge on any atom is -0.0622 e. The smallest absolute Gasteiger partial charge is 0.00262 e. The van der Waals surface area contributed by atoms with Crippen molar-refractivity contribution in [3.63, 3.8) is 0 Å². The molecule has 0 heteroatoms. The van der Waals surface area contributed by atoms with Crippen LogP contribution in [0, 0.1) is 0 Å². The predicted octanol–water partition coefficient (Wildman–Crippen LogP) is 15.8. The first-order valence-electron chi connectivity index (χ1n) is 19.4. The van der Waals surface area contributed by atoms with Crippen molar-refractivity contribution in [1.29, 1.82) is 0 Å². The van der Waals surface area contributed by atoms with Crippen LogP contribution in [-0.4, -0.2) is 0 Å². The average Bonchev–Trinajstić information content (AvgIpc) is 3.27. The van der Waals surface area contributed by atoms with Gasteiger partial charge in [0.15, 0.2) is 0 Å². The summed E-state index contributed by atoms with van der Waals surface area (Å²) in [5.41, 5.74) is 12.5. The minimum absolute atomic E-state index is 1.22. The van der Waals surface area contributed by atoms with E-state index in [-0.39, 0.29) is 0 Å². The Morgan fingerprint density at radius 3 is 1.25 bits per heavy atom. The fourth-order valence-corrected chi connectivity index (χ4v) is 9.05. The molecule has 0 unspecified atom stereocenters. The highest BCUT2D eigenvalue weighted by Gasteiger charge is 2.18. The molecule has 11 aromatic carbocycles. The third-order valence-corrected chi connectivity index (χ3v) is 11.6. The molecular weight excluding hydrogens is 673 g/mol. The number of hydrogen-bond donors (Lipinski definition) is 0. The number of fused-ring (bicyclic) bond motifs is 5. The fourth-order valence-electron chi connectivity index (χ4n) is 9.05. The molecule has 0 fully saturated rings. The van der Waals surface area contributed by atoms with Crippen molar-refractivity contribution in [1.82, 2.24) is 0 Å². The first-order valence-corrected chi connectivity index (χ1v) is 19.4. The molecule has 0 atom stereocenters. The summed E-state index contributed by atoms with van der Waals surface area (Å²) in [6.45, 7) is 0. The second-order valence-electron chi connectivity index (χ2n) is 14.8. The molecule has 11 aromatic rings. The largest absolute Gasteiger partial charge is 0.0622 e. The van der Waals surface area contributed by atoms with Crippen LogP contribution in [0.25, 0.3) is 109 Å². The fraction of sp³-hybridized carbons (Fsp3) is 0. The summed E-state index contributed by atoms with van der Waals surface area (Å²) in [6.07, 6.45) is 0. The minimum atomic E-state index is 1.22. The van der Waals surface area contributed by atoms with Crippen molar-refractivity contribution in [2.75, 3.05) is 0 Å². The lowest BCUT2D eigenvalue weighted by molar-refractivity contribution is 1.63. The van der Waals surface area contributed by atoms with Gasteiger partial charge >= 0.3 is 0 Å². The molecule has 0 bridgehead atoms. The molecule has 0 aliphatic heterocycles. The number of rotatable bonds is 5. The van der Waals surface area contributed by atoms with Crippen molar-refractivity contribution in [3.8, 4) is 55.6 Å². The maximum atomic E-state index is 2.38. The molecule has 0 saturated heterocycles. The second kappa shape index (κ2) is 13.2. The molecule has 0 spiro atoms. The highest BCUT2D eigenvalue weighted by molar-refractivity contribution is 6.22. The monoisotopic (exact) mass is 708 g/mol. The molecule has 0 aliphatic carbocycles. The molecule has 0 heterocycles. The van der Waals surface area contributed by atoms with Gasteiger partial charge in [-0.25, -0.2) is 0 Å². The summed E-state index contributed by atoms with van der Waals surface area (Å²) in [4.78, 5) is 0. The van der Waals surface area contributed by atoms with E-state index in [1.165, 1.54) is 109 Å². The van der Waals surface area contributed by atoms with Gasteiger partial charge in [-0.2, -0.15) is 0 Å². The van der Waals surface area contributed by atoms with E-state index in [4.69, 9.17) is 0 Å². The molecule has 0 radical (unpaired) electrons. The predicted molar refractivity (Wildman–Crippen MR) is 241 cm³/mol. The molecule has 11 rings (SSSR count). The van der Waals surface area contributed by atoms with E-state index in [0.29, 0.717) is 0 Å². The van der Waals surface area contributed by atoms with E-state index in [1.807, 2.05) is 0 Å². The molecule has 260 valence electrons. The van der Waals surface area contributed by atoms with Gasteiger partial charge in [-0.1, -0.05) is 206 Å². The van der Waals surface area contributed by atoms with Crippen molar-refractivity contribution < 1.29 is 0 Å². The van der Waals surface area contributed by atoms with Crippen molar-refractivity contribution in [2.24, 2.45) is 0 Å². The maximum Gasteiger partial charge on any atom is -0.00262 e. The summed E-state index contributed by atoms with van der Waals surface area (Å²) >= 11 is 0. The Morgan fingerprint density at radius 1 is 0.196 bits per heavy atom. The Bertz CT molecular complexity index is 3210.